The van der Waals surface area contributed by atoms with Gasteiger partial charge in [0.05, 0.1) is 17.1 Å². The van der Waals surface area contributed by atoms with Crippen LogP contribution in [0.15, 0.2) is 47.4 Å². The Labute approximate surface area is 140 Å². The lowest BCUT2D eigenvalue weighted by Gasteiger charge is -2.31. The molecule has 0 unspecified atom stereocenters. The normalized spacial score (nSPS) is 13.3. The zero-order chi connectivity index (χ0) is 17.1. The molecule has 3 rings (SSSR count). The van der Waals surface area contributed by atoms with Crippen molar-refractivity contribution in [1.29, 1.82) is 0 Å². The molecule has 8 heteroatoms. The molecule has 0 spiro atoms. The number of nitrogens with one attached hydrogen (secondary N) is 1. The summed E-state index contributed by atoms with van der Waals surface area (Å²) in [4.78, 5) is 13.9. The number of nitrogens with zero attached hydrogens (tertiary/aromatic N) is 1. The number of ether oxygens (including phenoxy) is 1. The molecular weight excluding hydrogens is 332 g/mol. The molecule has 126 valence electrons. The van der Waals surface area contributed by atoms with E-state index in [1.807, 2.05) is 11.0 Å². The first kappa shape index (κ1) is 16.3. The van der Waals surface area contributed by atoms with Gasteiger partial charge in [-0.2, -0.15) is 0 Å². The molecule has 0 atom stereocenters. The highest BCUT2D eigenvalue weighted by atomic mass is 32.2. The van der Waals surface area contributed by atoms with Gasteiger partial charge in [-0.15, -0.1) is 0 Å². The minimum absolute atomic E-state index is 0.268. The van der Waals surface area contributed by atoms with E-state index in [0.29, 0.717) is 31.0 Å². The van der Waals surface area contributed by atoms with Gasteiger partial charge in [0.2, 0.25) is 0 Å². The average molecular weight is 348 g/mol. The molecule has 0 bridgehead atoms. The van der Waals surface area contributed by atoms with Crippen molar-refractivity contribution >= 4 is 22.3 Å². The van der Waals surface area contributed by atoms with Crippen molar-refractivity contribution in [2.75, 3.05) is 18.1 Å². The maximum absolute atomic E-state index is 11.6. The zero-order valence-electron chi connectivity index (χ0n) is 12.6. The lowest BCUT2D eigenvalue weighted by Crippen LogP contribution is -2.32. The molecule has 1 aliphatic rings. The quantitative estimate of drug-likeness (QED) is 0.436. The van der Waals surface area contributed by atoms with E-state index in [1.54, 1.807) is 41.9 Å². The van der Waals surface area contributed by atoms with Crippen molar-refractivity contribution < 1.29 is 23.2 Å². The molecule has 1 aliphatic heterocycles. The summed E-state index contributed by atoms with van der Waals surface area (Å²) in [6.45, 7) is 1.58. The highest BCUT2D eigenvalue weighted by Crippen LogP contribution is 2.33. The first-order valence-electron chi connectivity index (χ1n) is 7.28. The van der Waals surface area contributed by atoms with E-state index in [4.69, 9.17) is 9.94 Å². The van der Waals surface area contributed by atoms with Gasteiger partial charge in [-0.25, -0.2) is 13.9 Å². The molecule has 2 N–H and O–H groups in total. The number of anilines is 1. The van der Waals surface area contributed by atoms with Gasteiger partial charge in [0.1, 0.15) is 12.4 Å². The van der Waals surface area contributed by atoms with Crippen LogP contribution in [-0.2, 0) is 17.2 Å². The third-order valence-corrected chi connectivity index (χ3v) is 4.48. The van der Waals surface area contributed by atoms with Crippen molar-refractivity contribution in [3.05, 3.63) is 53.6 Å². The summed E-state index contributed by atoms with van der Waals surface area (Å²) in [6, 6.07) is 11.6. The summed E-state index contributed by atoms with van der Waals surface area (Å²) in [5, 5.41) is 8.77. The number of carbonyl (C=O) groups is 1. The van der Waals surface area contributed by atoms with Crippen molar-refractivity contribution in [3.8, 4) is 5.75 Å². The molecule has 24 heavy (non-hydrogen) atoms. The van der Waals surface area contributed by atoms with Gasteiger partial charge >= 0.3 is 0 Å². The standard InChI is InChI=1S/C16H16N2O5S/c19-16(17-20)12-4-5-15-14(9-12)18(6-7-23-15)10-11-2-1-3-13(8-11)24(21)22/h1-5,8-9,20,24H,6-7,10H2,(H,17,19). The SMILES string of the molecule is O=C(NO)c1ccc2c(c1)N(Cc1cccc([SH](=O)=O)c1)CCO2. The number of amides is 1. The summed E-state index contributed by atoms with van der Waals surface area (Å²) in [5.74, 6) is 0.0375. The smallest absolute Gasteiger partial charge is 0.274 e. The van der Waals surface area contributed by atoms with Gasteiger partial charge in [0.15, 0.2) is 10.7 Å². The second kappa shape index (κ2) is 6.90. The van der Waals surface area contributed by atoms with Crippen LogP contribution in [0.4, 0.5) is 5.69 Å². The molecule has 1 heterocycles. The molecule has 0 saturated carbocycles. The van der Waals surface area contributed by atoms with Crippen LogP contribution < -0.4 is 15.1 Å². The summed E-state index contributed by atoms with van der Waals surface area (Å²) in [7, 11) is -2.63. The minimum atomic E-state index is -2.63. The fourth-order valence-electron chi connectivity index (χ4n) is 2.63. The molecule has 0 radical (unpaired) electrons. The van der Waals surface area contributed by atoms with E-state index < -0.39 is 16.6 Å². The van der Waals surface area contributed by atoms with Crippen molar-refractivity contribution in [1.82, 2.24) is 5.48 Å². The van der Waals surface area contributed by atoms with Gasteiger partial charge in [-0.1, -0.05) is 12.1 Å². The van der Waals surface area contributed by atoms with E-state index in [2.05, 4.69) is 0 Å². The first-order valence-corrected chi connectivity index (χ1v) is 8.46. The van der Waals surface area contributed by atoms with E-state index in [1.165, 1.54) is 0 Å². The zero-order valence-corrected chi connectivity index (χ0v) is 13.5. The van der Waals surface area contributed by atoms with Crippen molar-refractivity contribution in [2.45, 2.75) is 11.4 Å². The van der Waals surface area contributed by atoms with Gasteiger partial charge in [-0.05, 0) is 35.9 Å². The minimum Gasteiger partial charge on any atom is -0.490 e. The Bertz CT molecular complexity index is 842. The molecule has 2 aromatic carbocycles. The Balaban J connectivity index is 1.91. The Morgan fingerprint density at radius 3 is 2.83 bits per heavy atom. The van der Waals surface area contributed by atoms with E-state index >= 15 is 0 Å². The largest absolute Gasteiger partial charge is 0.490 e. The fourth-order valence-corrected chi connectivity index (χ4v) is 3.11. The highest BCUT2D eigenvalue weighted by molar-refractivity contribution is 7.72. The summed E-state index contributed by atoms with van der Waals surface area (Å²) in [6.07, 6.45) is 0. The Morgan fingerprint density at radius 2 is 2.08 bits per heavy atom. The monoisotopic (exact) mass is 348 g/mol. The molecule has 0 aromatic heterocycles. The number of hydrogen-bond acceptors (Lipinski definition) is 6. The van der Waals surface area contributed by atoms with Crippen molar-refractivity contribution in [3.63, 3.8) is 0 Å². The predicted molar refractivity (Wildman–Crippen MR) is 87.3 cm³/mol. The third kappa shape index (κ3) is 3.34. The van der Waals surface area contributed by atoms with Crippen molar-refractivity contribution in [2.24, 2.45) is 0 Å². The van der Waals surface area contributed by atoms with E-state index in [9.17, 15) is 13.2 Å². The lowest BCUT2D eigenvalue weighted by molar-refractivity contribution is 0.0706. The molecule has 2 aromatic rings. The van der Waals surface area contributed by atoms with Crippen LogP contribution in [0.5, 0.6) is 5.75 Å². The molecular formula is C16H16N2O5S. The van der Waals surface area contributed by atoms with Gasteiger partial charge in [-0.3, -0.25) is 10.0 Å². The van der Waals surface area contributed by atoms with E-state index in [-0.39, 0.29) is 4.90 Å². The summed E-state index contributed by atoms with van der Waals surface area (Å²) < 4.78 is 27.9. The van der Waals surface area contributed by atoms with Crippen LogP contribution in [0.2, 0.25) is 0 Å². The third-order valence-electron chi connectivity index (χ3n) is 3.78. The maximum atomic E-state index is 11.6. The average Bonchev–Trinajstić information content (AvgIpc) is 2.61. The lowest BCUT2D eigenvalue weighted by atomic mass is 10.1. The Morgan fingerprint density at radius 1 is 1.25 bits per heavy atom. The second-order valence-corrected chi connectivity index (χ2v) is 6.35. The number of hydrogen-bond donors (Lipinski definition) is 3. The van der Waals surface area contributed by atoms with Crippen LogP contribution >= 0.6 is 0 Å². The number of rotatable bonds is 4. The molecule has 1 amide bonds. The van der Waals surface area contributed by atoms with Crippen LogP contribution in [-0.4, -0.2) is 32.7 Å². The number of benzene rings is 2. The highest BCUT2D eigenvalue weighted by Gasteiger charge is 2.20. The fraction of sp³-hybridized carbons (Fsp3) is 0.188. The van der Waals surface area contributed by atoms with Gasteiger partial charge < -0.3 is 9.64 Å². The van der Waals surface area contributed by atoms with Crippen LogP contribution in [0, 0.1) is 0 Å². The number of thiol groups is 1. The molecule has 7 nitrogen and oxygen atoms in total. The van der Waals surface area contributed by atoms with E-state index in [0.717, 1.165) is 11.3 Å². The van der Waals surface area contributed by atoms with Crippen LogP contribution in [0.1, 0.15) is 15.9 Å². The van der Waals surface area contributed by atoms with Crippen LogP contribution in [0.3, 0.4) is 0 Å². The molecule has 0 aliphatic carbocycles. The Kier molecular flexibility index (Phi) is 4.68. The predicted octanol–water partition coefficient (Wildman–Crippen LogP) is 1.17. The molecule has 0 saturated heterocycles. The van der Waals surface area contributed by atoms with Crippen LogP contribution in [0.25, 0.3) is 0 Å². The Hall–Kier alpha value is -2.58. The maximum Gasteiger partial charge on any atom is 0.274 e. The number of fused-ring (bicyclic) bond motifs is 1. The first-order chi connectivity index (χ1) is 11.6. The van der Waals surface area contributed by atoms with Gasteiger partial charge in [0.25, 0.3) is 5.91 Å². The molecule has 0 fully saturated rings. The van der Waals surface area contributed by atoms with Gasteiger partial charge in [0, 0.05) is 12.1 Å². The summed E-state index contributed by atoms with van der Waals surface area (Å²) in [5.41, 5.74) is 3.48. The topological polar surface area (TPSA) is 95.9 Å². The second-order valence-electron chi connectivity index (χ2n) is 5.32. The number of carbonyl (C=O) groups excluding carboxylic acids is 1. The summed E-state index contributed by atoms with van der Waals surface area (Å²) >= 11 is 0. The number of hydroxylamine groups is 1.